The van der Waals surface area contributed by atoms with Gasteiger partial charge in [0.2, 0.25) is 0 Å². The predicted octanol–water partition coefficient (Wildman–Crippen LogP) is 1.55. The highest BCUT2D eigenvalue weighted by molar-refractivity contribution is 5.97. The van der Waals surface area contributed by atoms with Crippen LogP contribution in [0.2, 0.25) is 0 Å². The third kappa shape index (κ3) is 2.00. The second kappa shape index (κ2) is 4.62. The topological polar surface area (TPSA) is 86.4 Å². The summed E-state index contributed by atoms with van der Waals surface area (Å²) in [5.41, 5.74) is 10.4. The van der Waals surface area contributed by atoms with Crippen molar-refractivity contribution in [2.75, 3.05) is 0 Å². The monoisotopic (exact) mass is 254 g/mol. The van der Waals surface area contributed by atoms with Crippen LogP contribution in [0.3, 0.4) is 0 Å². The summed E-state index contributed by atoms with van der Waals surface area (Å²) in [5.74, 6) is 0.795. The summed E-state index contributed by atoms with van der Waals surface area (Å²) in [7, 11) is 0. The third-order valence-electron chi connectivity index (χ3n) is 3.11. The van der Waals surface area contributed by atoms with Crippen molar-refractivity contribution in [2.24, 2.45) is 10.7 Å². The van der Waals surface area contributed by atoms with Crippen molar-refractivity contribution in [3.8, 4) is 0 Å². The van der Waals surface area contributed by atoms with Crippen LogP contribution in [0, 0.1) is 0 Å². The number of fused-ring (bicyclic) bond motifs is 1. The zero-order chi connectivity index (χ0) is 13.2. The van der Waals surface area contributed by atoms with Gasteiger partial charge in [0.1, 0.15) is 5.82 Å². The summed E-state index contributed by atoms with van der Waals surface area (Å²) in [5, 5.41) is 12.1. The van der Waals surface area contributed by atoms with E-state index >= 15 is 0 Å². The highest BCUT2D eigenvalue weighted by atomic mass is 16.3. The quantitative estimate of drug-likeness (QED) is 0.656. The molecule has 0 aliphatic carbocycles. The SMILES string of the molecule is N/C(=C1\NC=Nc2[nH]ccc21)c1ccc(CO)cc1. The Hall–Kier alpha value is -2.53. The maximum Gasteiger partial charge on any atom is 0.141 e. The number of H-pyrrole nitrogens is 1. The van der Waals surface area contributed by atoms with E-state index in [0.717, 1.165) is 28.2 Å². The maximum absolute atomic E-state index is 9.04. The van der Waals surface area contributed by atoms with E-state index in [-0.39, 0.29) is 6.61 Å². The van der Waals surface area contributed by atoms with Crippen LogP contribution in [0.15, 0.2) is 41.5 Å². The number of nitrogens with two attached hydrogens (primary N) is 1. The smallest absolute Gasteiger partial charge is 0.141 e. The van der Waals surface area contributed by atoms with Crippen molar-refractivity contribution in [2.45, 2.75) is 6.61 Å². The molecule has 1 aromatic carbocycles. The van der Waals surface area contributed by atoms with Crippen molar-refractivity contribution in [3.05, 3.63) is 53.2 Å². The molecule has 0 atom stereocenters. The van der Waals surface area contributed by atoms with Crippen LogP contribution in [-0.4, -0.2) is 16.4 Å². The number of aromatic nitrogens is 1. The molecule has 19 heavy (non-hydrogen) atoms. The summed E-state index contributed by atoms with van der Waals surface area (Å²) < 4.78 is 0. The van der Waals surface area contributed by atoms with Gasteiger partial charge in [-0.05, 0) is 17.2 Å². The molecule has 1 aromatic heterocycles. The minimum absolute atomic E-state index is 0.0314. The van der Waals surface area contributed by atoms with Crippen LogP contribution in [0.4, 0.5) is 5.82 Å². The van der Waals surface area contributed by atoms with Crippen molar-refractivity contribution in [1.29, 1.82) is 0 Å². The second-order valence-corrected chi connectivity index (χ2v) is 4.29. The molecule has 0 saturated carbocycles. The second-order valence-electron chi connectivity index (χ2n) is 4.29. The summed E-state index contributed by atoms with van der Waals surface area (Å²) >= 11 is 0. The average Bonchev–Trinajstić information content (AvgIpc) is 2.95. The van der Waals surface area contributed by atoms with Gasteiger partial charge in [0, 0.05) is 11.8 Å². The summed E-state index contributed by atoms with van der Waals surface area (Å²) in [6.45, 7) is 0.0314. The molecule has 2 aromatic rings. The van der Waals surface area contributed by atoms with Crippen LogP contribution >= 0.6 is 0 Å². The average molecular weight is 254 g/mol. The van der Waals surface area contributed by atoms with E-state index in [1.807, 2.05) is 36.5 Å². The first-order valence-electron chi connectivity index (χ1n) is 5.96. The molecule has 96 valence electrons. The van der Waals surface area contributed by atoms with Gasteiger partial charge in [-0.1, -0.05) is 24.3 Å². The van der Waals surface area contributed by atoms with Gasteiger partial charge in [0.25, 0.3) is 0 Å². The molecule has 0 unspecified atom stereocenters. The number of aliphatic imine (C=N–C) groups is 1. The lowest BCUT2D eigenvalue weighted by atomic mass is 10.0. The fourth-order valence-electron chi connectivity index (χ4n) is 2.07. The van der Waals surface area contributed by atoms with Gasteiger partial charge in [-0.2, -0.15) is 0 Å². The molecule has 3 rings (SSSR count). The Bertz CT molecular complexity index is 652. The molecule has 1 aliphatic rings. The molecular weight excluding hydrogens is 240 g/mol. The number of aliphatic hydroxyl groups is 1. The maximum atomic E-state index is 9.04. The van der Waals surface area contributed by atoms with Crippen LogP contribution in [0.25, 0.3) is 11.4 Å². The number of nitrogens with zero attached hydrogens (tertiary/aromatic N) is 1. The van der Waals surface area contributed by atoms with Gasteiger partial charge >= 0.3 is 0 Å². The summed E-state index contributed by atoms with van der Waals surface area (Å²) in [6, 6.07) is 9.44. The van der Waals surface area contributed by atoms with Gasteiger partial charge in [-0.15, -0.1) is 0 Å². The van der Waals surface area contributed by atoms with Crippen molar-refractivity contribution < 1.29 is 5.11 Å². The minimum atomic E-state index is 0.0314. The molecule has 0 bridgehead atoms. The van der Waals surface area contributed by atoms with Gasteiger partial charge in [0.05, 0.1) is 24.3 Å². The van der Waals surface area contributed by atoms with Crippen LogP contribution in [0.1, 0.15) is 16.7 Å². The molecule has 0 radical (unpaired) electrons. The lowest BCUT2D eigenvalue weighted by Crippen LogP contribution is -2.17. The molecule has 0 spiro atoms. The Morgan fingerprint density at radius 2 is 2.00 bits per heavy atom. The Morgan fingerprint density at radius 3 is 2.74 bits per heavy atom. The van der Waals surface area contributed by atoms with E-state index in [1.54, 1.807) is 6.34 Å². The fourth-order valence-corrected chi connectivity index (χ4v) is 2.07. The zero-order valence-electron chi connectivity index (χ0n) is 10.2. The van der Waals surface area contributed by atoms with Crippen molar-refractivity contribution in [1.82, 2.24) is 10.3 Å². The standard InChI is InChI=1S/C14H14N4O/c15-12(10-3-1-9(7-19)2-4-10)13-11-5-6-16-14(11)18-8-17-13/h1-6,8,16,19H,7,15H2,(H,17,18)/b13-12-. The summed E-state index contributed by atoms with van der Waals surface area (Å²) in [4.78, 5) is 7.24. The number of nitrogens with one attached hydrogen (secondary N) is 2. The van der Waals surface area contributed by atoms with Crippen LogP contribution in [-0.2, 0) is 6.61 Å². The number of benzene rings is 1. The molecule has 0 fully saturated rings. The predicted molar refractivity (Wildman–Crippen MR) is 75.4 cm³/mol. The first-order valence-corrected chi connectivity index (χ1v) is 5.96. The Kier molecular flexibility index (Phi) is 2.81. The number of hydrogen-bond donors (Lipinski definition) is 4. The van der Waals surface area contributed by atoms with Gasteiger partial charge in [-0.3, -0.25) is 0 Å². The normalized spacial score (nSPS) is 15.8. The van der Waals surface area contributed by atoms with E-state index < -0.39 is 0 Å². The van der Waals surface area contributed by atoms with Crippen LogP contribution in [0.5, 0.6) is 0 Å². The van der Waals surface area contributed by atoms with E-state index in [1.165, 1.54) is 0 Å². The lowest BCUT2D eigenvalue weighted by Gasteiger charge is -2.15. The minimum Gasteiger partial charge on any atom is -0.397 e. The van der Waals surface area contributed by atoms with Gasteiger partial charge in [-0.25, -0.2) is 4.99 Å². The first-order chi connectivity index (χ1) is 9.29. The molecule has 5 heteroatoms. The number of aliphatic hydroxyl groups excluding tert-OH is 1. The van der Waals surface area contributed by atoms with E-state index in [4.69, 9.17) is 10.8 Å². The van der Waals surface area contributed by atoms with E-state index in [2.05, 4.69) is 15.3 Å². The highest BCUT2D eigenvalue weighted by Crippen LogP contribution is 2.29. The first kappa shape index (κ1) is 11.6. The Morgan fingerprint density at radius 1 is 1.21 bits per heavy atom. The van der Waals surface area contributed by atoms with Gasteiger partial charge in [0.15, 0.2) is 0 Å². The molecule has 5 nitrogen and oxygen atoms in total. The van der Waals surface area contributed by atoms with E-state index in [9.17, 15) is 0 Å². The number of rotatable bonds is 2. The molecule has 1 aliphatic heterocycles. The van der Waals surface area contributed by atoms with Crippen molar-refractivity contribution >= 4 is 23.6 Å². The molecule has 5 N–H and O–H groups in total. The lowest BCUT2D eigenvalue weighted by molar-refractivity contribution is 0.282. The Labute approximate surface area is 110 Å². The van der Waals surface area contributed by atoms with Crippen LogP contribution < -0.4 is 11.1 Å². The third-order valence-corrected chi connectivity index (χ3v) is 3.11. The largest absolute Gasteiger partial charge is 0.397 e. The molecule has 0 saturated heterocycles. The molecule has 0 amide bonds. The summed E-state index contributed by atoms with van der Waals surface area (Å²) in [6.07, 6.45) is 3.44. The number of aromatic amines is 1. The van der Waals surface area contributed by atoms with Gasteiger partial charge < -0.3 is 21.1 Å². The zero-order valence-corrected chi connectivity index (χ0v) is 10.2. The molecular formula is C14H14N4O. The molecule has 2 heterocycles. The highest BCUT2D eigenvalue weighted by Gasteiger charge is 2.15. The Balaban J connectivity index is 2.05. The fraction of sp³-hybridized carbons (Fsp3) is 0.0714. The number of hydrogen-bond acceptors (Lipinski definition) is 4. The van der Waals surface area contributed by atoms with E-state index in [0.29, 0.717) is 5.70 Å². The van der Waals surface area contributed by atoms with Crippen molar-refractivity contribution in [3.63, 3.8) is 0 Å².